The lowest BCUT2D eigenvalue weighted by atomic mass is 9.98. The summed E-state index contributed by atoms with van der Waals surface area (Å²) < 4.78 is 4.76. The third kappa shape index (κ3) is 7.49. The second-order valence-electron chi connectivity index (χ2n) is 6.81. The SMILES string of the molecule is COC(=O)C(C)CCCC(C)=CCCc1cccc(C(C)C)c1. The van der Waals surface area contributed by atoms with Gasteiger partial charge < -0.3 is 4.74 Å². The van der Waals surface area contributed by atoms with E-state index in [4.69, 9.17) is 4.74 Å². The second-order valence-corrected chi connectivity index (χ2v) is 6.81. The molecular formula is C21H32O2. The fourth-order valence-corrected chi connectivity index (χ4v) is 2.70. The van der Waals surface area contributed by atoms with Gasteiger partial charge in [-0.15, -0.1) is 0 Å². The van der Waals surface area contributed by atoms with E-state index in [-0.39, 0.29) is 11.9 Å². The Balaban J connectivity index is 2.34. The molecule has 23 heavy (non-hydrogen) atoms. The number of carbonyl (C=O) groups excluding carboxylic acids is 1. The average molecular weight is 316 g/mol. The molecular weight excluding hydrogens is 284 g/mol. The molecule has 0 saturated heterocycles. The number of ether oxygens (including phenoxy) is 1. The van der Waals surface area contributed by atoms with E-state index in [9.17, 15) is 4.79 Å². The molecule has 1 aromatic rings. The number of allylic oxidation sites excluding steroid dienone is 2. The normalized spacial score (nSPS) is 13.2. The first-order valence-electron chi connectivity index (χ1n) is 8.76. The first kappa shape index (κ1) is 19.5. The number of rotatable bonds is 9. The predicted molar refractivity (Wildman–Crippen MR) is 97.6 cm³/mol. The van der Waals surface area contributed by atoms with Crippen molar-refractivity contribution in [3.8, 4) is 0 Å². The van der Waals surface area contributed by atoms with Gasteiger partial charge in [-0.2, -0.15) is 0 Å². The third-order valence-corrected chi connectivity index (χ3v) is 4.36. The van der Waals surface area contributed by atoms with E-state index in [2.05, 4.69) is 51.1 Å². The zero-order chi connectivity index (χ0) is 17.2. The van der Waals surface area contributed by atoms with Crippen molar-refractivity contribution in [1.29, 1.82) is 0 Å². The number of hydrogen-bond donors (Lipinski definition) is 0. The molecule has 2 nitrogen and oxygen atoms in total. The quantitative estimate of drug-likeness (QED) is 0.433. The van der Waals surface area contributed by atoms with Gasteiger partial charge in [0.1, 0.15) is 0 Å². The summed E-state index contributed by atoms with van der Waals surface area (Å²) in [5.41, 5.74) is 4.25. The molecule has 0 heterocycles. The molecule has 0 amide bonds. The molecule has 0 aromatic heterocycles. The maximum absolute atomic E-state index is 11.4. The van der Waals surface area contributed by atoms with Crippen LogP contribution in [0.15, 0.2) is 35.9 Å². The number of benzene rings is 1. The number of aryl methyl sites for hydroxylation is 1. The number of methoxy groups -OCH3 is 1. The Kier molecular flexibility index (Phi) is 8.68. The van der Waals surface area contributed by atoms with Crippen LogP contribution in [-0.2, 0) is 16.0 Å². The van der Waals surface area contributed by atoms with Gasteiger partial charge in [-0.1, -0.05) is 56.7 Å². The van der Waals surface area contributed by atoms with Crippen molar-refractivity contribution in [2.24, 2.45) is 5.92 Å². The zero-order valence-corrected chi connectivity index (χ0v) is 15.4. The first-order chi connectivity index (χ1) is 10.9. The maximum Gasteiger partial charge on any atom is 0.308 e. The molecule has 128 valence electrons. The van der Waals surface area contributed by atoms with Crippen molar-refractivity contribution in [3.05, 3.63) is 47.0 Å². The van der Waals surface area contributed by atoms with Gasteiger partial charge in [-0.05, 0) is 56.1 Å². The summed E-state index contributed by atoms with van der Waals surface area (Å²) in [6.45, 7) is 8.59. The van der Waals surface area contributed by atoms with E-state index in [1.165, 1.54) is 23.8 Å². The van der Waals surface area contributed by atoms with Gasteiger partial charge in [0, 0.05) is 0 Å². The van der Waals surface area contributed by atoms with Crippen LogP contribution in [0, 0.1) is 5.92 Å². The van der Waals surface area contributed by atoms with Crippen LogP contribution in [0.3, 0.4) is 0 Å². The molecule has 1 atom stereocenters. The fraction of sp³-hybridized carbons (Fsp3) is 0.571. The molecule has 1 aromatic carbocycles. The fourth-order valence-electron chi connectivity index (χ4n) is 2.70. The minimum atomic E-state index is -0.100. The molecule has 0 fully saturated rings. The maximum atomic E-state index is 11.4. The largest absolute Gasteiger partial charge is 0.469 e. The standard InChI is InChI=1S/C21H32O2/c1-16(2)20-14-8-13-19(15-20)12-7-10-17(3)9-6-11-18(4)21(22)23-5/h8,10,13-16,18H,6-7,9,11-12H2,1-5H3. The molecule has 1 rings (SSSR count). The van der Waals surface area contributed by atoms with Crippen LogP contribution in [0.4, 0.5) is 0 Å². The summed E-state index contributed by atoms with van der Waals surface area (Å²) in [5, 5.41) is 0. The number of carbonyl (C=O) groups is 1. The van der Waals surface area contributed by atoms with E-state index in [0.717, 1.165) is 32.1 Å². The van der Waals surface area contributed by atoms with Crippen LogP contribution in [0.2, 0.25) is 0 Å². The summed E-state index contributed by atoms with van der Waals surface area (Å²) in [7, 11) is 1.46. The predicted octanol–water partition coefficient (Wildman–Crippen LogP) is 5.67. The number of hydrogen-bond acceptors (Lipinski definition) is 2. The molecule has 0 aliphatic rings. The average Bonchev–Trinajstić information content (AvgIpc) is 2.54. The number of esters is 1. The van der Waals surface area contributed by atoms with Crippen LogP contribution < -0.4 is 0 Å². The van der Waals surface area contributed by atoms with Gasteiger partial charge in [-0.3, -0.25) is 4.79 Å². The molecule has 0 aliphatic carbocycles. The Hall–Kier alpha value is -1.57. The molecule has 1 unspecified atom stereocenters. The van der Waals surface area contributed by atoms with Crippen LogP contribution in [-0.4, -0.2) is 13.1 Å². The second kappa shape index (κ2) is 10.3. The van der Waals surface area contributed by atoms with Gasteiger partial charge in [0.25, 0.3) is 0 Å². The Morgan fingerprint density at radius 2 is 2.00 bits per heavy atom. The van der Waals surface area contributed by atoms with E-state index in [0.29, 0.717) is 5.92 Å². The monoisotopic (exact) mass is 316 g/mol. The molecule has 0 radical (unpaired) electrons. The minimum Gasteiger partial charge on any atom is -0.469 e. The van der Waals surface area contributed by atoms with Crippen LogP contribution in [0.25, 0.3) is 0 Å². The Bertz CT molecular complexity index is 514. The highest BCUT2D eigenvalue weighted by atomic mass is 16.5. The van der Waals surface area contributed by atoms with Crippen LogP contribution >= 0.6 is 0 Å². The van der Waals surface area contributed by atoms with E-state index in [1.54, 1.807) is 0 Å². The molecule has 2 heteroatoms. The Labute approximate surface area is 141 Å². The van der Waals surface area contributed by atoms with Crippen LogP contribution in [0.1, 0.15) is 70.4 Å². The lowest BCUT2D eigenvalue weighted by molar-refractivity contribution is -0.145. The summed E-state index contributed by atoms with van der Waals surface area (Å²) in [6.07, 6.45) is 7.52. The van der Waals surface area contributed by atoms with E-state index >= 15 is 0 Å². The van der Waals surface area contributed by atoms with E-state index in [1.807, 2.05) is 6.92 Å². The van der Waals surface area contributed by atoms with Crippen molar-refractivity contribution in [2.75, 3.05) is 7.11 Å². The lowest BCUT2D eigenvalue weighted by Crippen LogP contribution is -2.12. The van der Waals surface area contributed by atoms with Gasteiger partial charge in [0.05, 0.1) is 13.0 Å². The Morgan fingerprint density at radius 1 is 1.26 bits per heavy atom. The van der Waals surface area contributed by atoms with E-state index < -0.39 is 0 Å². The van der Waals surface area contributed by atoms with Gasteiger partial charge >= 0.3 is 5.97 Å². The molecule has 0 spiro atoms. The van der Waals surface area contributed by atoms with Crippen molar-refractivity contribution >= 4 is 5.97 Å². The molecule has 0 saturated carbocycles. The van der Waals surface area contributed by atoms with Crippen LogP contribution in [0.5, 0.6) is 0 Å². The first-order valence-corrected chi connectivity index (χ1v) is 8.76. The van der Waals surface area contributed by atoms with Crippen molar-refractivity contribution in [2.45, 2.75) is 65.7 Å². The van der Waals surface area contributed by atoms with Crippen molar-refractivity contribution in [3.63, 3.8) is 0 Å². The van der Waals surface area contributed by atoms with Gasteiger partial charge in [0.2, 0.25) is 0 Å². The Morgan fingerprint density at radius 3 is 2.65 bits per heavy atom. The highest BCUT2D eigenvalue weighted by Crippen LogP contribution is 2.18. The lowest BCUT2D eigenvalue weighted by Gasteiger charge is -2.09. The van der Waals surface area contributed by atoms with Gasteiger partial charge in [-0.25, -0.2) is 0 Å². The van der Waals surface area contributed by atoms with Crippen molar-refractivity contribution < 1.29 is 9.53 Å². The summed E-state index contributed by atoms with van der Waals surface area (Å²) in [4.78, 5) is 11.4. The topological polar surface area (TPSA) is 26.3 Å². The smallest absolute Gasteiger partial charge is 0.308 e. The van der Waals surface area contributed by atoms with Gasteiger partial charge in [0.15, 0.2) is 0 Å². The molecule has 0 bridgehead atoms. The summed E-state index contributed by atoms with van der Waals surface area (Å²) >= 11 is 0. The zero-order valence-electron chi connectivity index (χ0n) is 15.4. The molecule has 0 N–H and O–H groups in total. The summed E-state index contributed by atoms with van der Waals surface area (Å²) in [6, 6.07) is 8.91. The van der Waals surface area contributed by atoms with Crippen molar-refractivity contribution in [1.82, 2.24) is 0 Å². The third-order valence-electron chi connectivity index (χ3n) is 4.36. The molecule has 0 aliphatic heterocycles. The highest BCUT2D eigenvalue weighted by Gasteiger charge is 2.11. The highest BCUT2D eigenvalue weighted by molar-refractivity contribution is 5.71. The minimum absolute atomic E-state index is 0.00609. The summed E-state index contributed by atoms with van der Waals surface area (Å²) in [5.74, 6) is 0.493.